The molecule has 0 unspecified atom stereocenters. The van der Waals surface area contributed by atoms with E-state index in [0.717, 1.165) is 13.0 Å². The molecule has 1 rings (SSSR count). The summed E-state index contributed by atoms with van der Waals surface area (Å²) in [5.74, 6) is 0. The van der Waals surface area contributed by atoms with Crippen LogP contribution in [0, 0.1) is 0 Å². The highest BCUT2D eigenvalue weighted by atomic mass is 16.5. The molecule has 1 heteroatoms. The van der Waals surface area contributed by atoms with Crippen LogP contribution in [-0.2, 0) is 4.74 Å². The van der Waals surface area contributed by atoms with Crippen LogP contribution in [0.1, 0.15) is 39.5 Å². The Balaban J connectivity index is 2.55. The molecule has 0 saturated heterocycles. The lowest BCUT2D eigenvalue weighted by atomic mass is 9.97. The third-order valence-corrected chi connectivity index (χ3v) is 2.10. The van der Waals surface area contributed by atoms with Crippen molar-refractivity contribution in [1.29, 1.82) is 0 Å². The van der Waals surface area contributed by atoms with Gasteiger partial charge in [-0.2, -0.15) is 0 Å². The number of hydrogen-bond acceptors (Lipinski definition) is 1. The van der Waals surface area contributed by atoms with Gasteiger partial charge in [0.05, 0.1) is 6.26 Å². The molecule has 1 nitrogen and oxygen atoms in total. The zero-order valence-electron chi connectivity index (χ0n) is 8.10. The van der Waals surface area contributed by atoms with Crippen molar-refractivity contribution in [2.45, 2.75) is 39.5 Å². The maximum absolute atomic E-state index is 5.27. The highest BCUT2D eigenvalue weighted by Crippen LogP contribution is 2.23. The molecule has 1 aliphatic rings. The quantitative estimate of drug-likeness (QED) is 0.621. The second kappa shape index (κ2) is 5.02. The Morgan fingerprint density at radius 1 is 1.17 bits per heavy atom. The number of allylic oxidation sites excluding steroid dienone is 2. The Hall–Kier alpha value is -0.720. The highest BCUT2D eigenvalue weighted by molar-refractivity contribution is 5.31. The SMILES string of the molecule is CCCC1=CCOC=C1CCC. The maximum atomic E-state index is 5.27. The topological polar surface area (TPSA) is 9.23 Å². The monoisotopic (exact) mass is 166 g/mol. The second-order valence-electron chi connectivity index (χ2n) is 3.21. The molecule has 0 aromatic heterocycles. The molecule has 0 amide bonds. The molecule has 1 aliphatic heterocycles. The van der Waals surface area contributed by atoms with Gasteiger partial charge in [0.15, 0.2) is 0 Å². The van der Waals surface area contributed by atoms with E-state index in [1.165, 1.54) is 30.4 Å². The number of hydrogen-bond donors (Lipinski definition) is 0. The first-order chi connectivity index (χ1) is 5.88. The lowest BCUT2D eigenvalue weighted by molar-refractivity contribution is 0.278. The summed E-state index contributed by atoms with van der Waals surface area (Å²) >= 11 is 0. The highest BCUT2D eigenvalue weighted by Gasteiger charge is 2.07. The number of rotatable bonds is 4. The van der Waals surface area contributed by atoms with E-state index in [4.69, 9.17) is 4.74 Å². The summed E-state index contributed by atoms with van der Waals surface area (Å²) < 4.78 is 5.27. The summed E-state index contributed by atoms with van der Waals surface area (Å²) in [5, 5.41) is 0. The van der Waals surface area contributed by atoms with Crippen molar-refractivity contribution in [3.05, 3.63) is 23.5 Å². The molecule has 0 saturated carbocycles. The molecule has 68 valence electrons. The van der Waals surface area contributed by atoms with Gasteiger partial charge in [-0.15, -0.1) is 0 Å². The van der Waals surface area contributed by atoms with Gasteiger partial charge in [0.2, 0.25) is 0 Å². The summed E-state index contributed by atoms with van der Waals surface area (Å²) in [5.41, 5.74) is 2.91. The summed E-state index contributed by atoms with van der Waals surface area (Å²) in [6.07, 6.45) is 8.95. The minimum atomic E-state index is 0.766. The third kappa shape index (κ3) is 2.40. The average molecular weight is 166 g/mol. The van der Waals surface area contributed by atoms with Gasteiger partial charge in [0.25, 0.3) is 0 Å². The van der Waals surface area contributed by atoms with Crippen molar-refractivity contribution in [1.82, 2.24) is 0 Å². The molecule has 1 heterocycles. The summed E-state index contributed by atoms with van der Waals surface area (Å²) in [7, 11) is 0. The normalized spacial score (nSPS) is 16.5. The van der Waals surface area contributed by atoms with Crippen LogP contribution < -0.4 is 0 Å². The van der Waals surface area contributed by atoms with Crippen LogP contribution in [-0.4, -0.2) is 6.61 Å². The molecule has 0 bridgehead atoms. The third-order valence-electron chi connectivity index (χ3n) is 2.10. The fourth-order valence-corrected chi connectivity index (χ4v) is 1.52. The van der Waals surface area contributed by atoms with E-state index in [-0.39, 0.29) is 0 Å². The fraction of sp³-hybridized carbons (Fsp3) is 0.636. The second-order valence-corrected chi connectivity index (χ2v) is 3.21. The van der Waals surface area contributed by atoms with Crippen molar-refractivity contribution < 1.29 is 4.74 Å². The van der Waals surface area contributed by atoms with Gasteiger partial charge >= 0.3 is 0 Å². The molecule has 0 aliphatic carbocycles. The van der Waals surface area contributed by atoms with E-state index in [2.05, 4.69) is 19.9 Å². The van der Waals surface area contributed by atoms with Gasteiger partial charge in [-0.05, 0) is 30.1 Å². The van der Waals surface area contributed by atoms with Gasteiger partial charge < -0.3 is 4.74 Å². The summed E-state index contributed by atoms with van der Waals surface area (Å²) in [4.78, 5) is 0. The Bertz CT molecular complexity index is 167. The van der Waals surface area contributed by atoms with Crippen LogP contribution in [0.2, 0.25) is 0 Å². The average Bonchev–Trinajstić information content (AvgIpc) is 2.09. The molecule has 0 atom stereocenters. The summed E-state index contributed by atoms with van der Waals surface area (Å²) in [6, 6.07) is 0. The van der Waals surface area contributed by atoms with Crippen LogP contribution in [0.4, 0.5) is 0 Å². The lowest BCUT2D eigenvalue weighted by Gasteiger charge is -2.15. The largest absolute Gasteiger partial charge is 0.497 e. The van der Waals surface area contributed by atoms with Crippen LogP contribution in [0.15, 0.2) is 23.5 Å². The van der Waals surface area contributed by atoms with Crippen LogP contribution in [0.3, 0.4) is 0 Å². The van der Waals surface area contributed by atoms with Gasteiger partial charge in [0, 0.05) is 0 Å². The molecule has 0 spiro atoms. The van der Waals surface area contributed by atoms with E-state index in [9.17, 15) is 0 Å². The van der Waals surface area contributed by atoms with E-state index in [1.54, 1.807) is 0 Å². The Labute approximate surface area is 75.1 Å². The van der Waals surface area contributed by atoms with Gasteiger partial charge in [-0.1, -0.05) is 26.7 Å². The van der Waals surface area contributed by atoms with Gasteiger partial charge in [-0.25, -0.2) is 0 Å². The van der Waals surface area contributed by atoms with Crippen molar-refractivity contribution in [2.24, 2.45) is 0 Å². The minimum Gasteiger partial charge on any atom is -0.497 e. The van der Waals surface area contributed by atoms with E-state index in [1.807, 2.05) is 6.26 Å². The smallest absolute Gasteiger partial charge is 0.106 e. The molecule has 0 aromatic rings. The van der Waals surface area contributed by atoms with Crippen molar-refractivity contribution in [3.8, 4) is 0 Å². The standard InChI is InChI=1S/C11H18O/c1-3-5-10-7-8-12-9-11(10)6-4-2/h7,9H,3-6,8H2,1-2H3. The molecule has 0 aromatic carbocycles. The molecule has 12 heavy (non-hydrogen) atoms. The van der Waals surface area contributed by atoms with E-state index in [0.29, 0.717) is 0 Å². The zero-order valence-corrected chi connectivity index (χ0v) is 8.10. The molecule has 0 N–H and O–H groups in total. The van der Waals surface area contributed by atoms with Crippen molar-refractivity contribution >= 4 is 0 Å². The molecular weight excluding hydrogens is 148 g/mol. The van der Waals surface area contributed by atoms with E-state index >= 15 is 0 Å². The van der Waals surface area contributed by atoms with Gasteiger partial charge in [0.1, 0.15) is 6.61 Å². The van der Waals surface area contributed by atoms with Crippen LogP contribution in [0.25, 0.3) is 0 Å². The Morgan fingerprint density at radius 2 is 1.83 bits per heavy atom. The first-order valence-electron chi connectivity index (χ1n) is 4.88. The van der Waals surface area contributed by atoms with Gasteiger partial charge in [-0.3, -0.25) is 0 Å². The van der Waals surface area contributed by atoms with Crippen LogP contribution in [0.5, 0.6) is 0 Å². The lowest BCUT2D eigenvalue weighted by Crippen LogP contribution is -2.00. The Morgan fingerprint density at radius 3 is 2.50 bits per heavy atom. The maximum Gasteiger partial charge on any atom is 0.106 e. The predicted molar refractivity (Wildman–Crippen MR) is 51.9 cm³/mol. The predicted octanol–water partition coefficient (Wildman–Crippen LogP) is 3.43. The minimum absolute atomic E-state index is 0.766. The van der Waals surface area contributed by atoms with Crippen molar-refractivity contribution in [2.75, 3.05) is 6.61 Å². The first kappa shape index (κ1) is 9.37. The van der Waals surface area contributed by atoms with Crippen LogP contribution >= 0.6 is 0 Å². The first-order valence-corrected chi connectivity index (χ1v) is 4.88. The zero-order chi connectivity index (χ0) is 8.81. The van der Waals surface area contributed by atoms with E-state index < -0.39 is 0 Å². The Kier molecular flexibility index (Phi) is 3.92. The number of ether oxygens (including phenoxy) is 1. The van der Waals surface area contributed by atoms with Crippen molar-refractivity contribution in [3.63, 3.8) is 0 Å². The molecule has 0 radical (unpaired) electrons. The fourth-order valence-electron chi connectivity index (χ4n) is 1.52. The molecule has 0 fully saturated rings. The molecular formula is C11H18O. The summed E-state index contributed by atoms with van der Waals surface area (Å²) in [6.45, 7) is 5.20.